The third-order valence-electron chi connectivity index (χ3n) is 7.31. The SMILES string of the molecule is O=S1(=O)CN(c2ccccc2)CS(=O)(=O)CN(c2ccccc2)CS(=O)(=O)CN(c2ccccc2)CS(=O)(=O)CN(c2ccccc2)C1. The molecule has 0 saturated carbocycles. The zero-order valence-corrected chi connectivity index (χ0v) is 29.2. The Morgan fingerprint density at radius 1 is 0.271 bits per heavy atom. The Morgan fingerprint density at radius 2 is 0.417 bits per heavy atom. The van der Waals surface area contributed by atoms with Gasteiger partial charge in [0.05, 0.1) is 0 Å². The summed E-state index contributed by atoms with van der Waals surface area (Å²) in [5.41, 5.74) is 1.23. The summed E-state index contributed by atoms with van der Waals surface area (Å²) in [4.78, 5) is 4.73. The number of anilines is 4. The molecule has 48 heavy (non-hydrogen) atoms. The minimum absolute atomic E-state index is 0.307. The summed E-state index contributed by atoms with van der Waals surface area (Å²) in [5, 5.41) is 0. The molecule has 0 aliphatic carbocycles. The van der Waals surface area contributed by atoms with Gasteiger partial charge in [-0.2, -0.15) is 0 Å². The van der Waals surface area contributed by atoms with Crippen molar-refractivity contribution in [2.75, 3.05) is 66.6 Å². The van der Waals surface area contributed by atoms with Crippen LogP contribution in [-0.4, -0.2) is 80.7 Å². The van der Waals surface area contributed by atoms with E-state index in [1.165, 1.54) is 19.6 Å². The highest BCUT2D eigenvalue weighted by Crippen LogP contribution is 2.24. The lowest BCUT2D eigenvalue weighted by atomic mass is 10.3. The molecule has 4 aromatic rings. The van der Waals surface area contributed by atoms with Crippen LogP contribution in [0.4, 0.5) is 22.7 Å². The van der Waals surface area contributed by atoms with Gasteiger partial charge in [0.2, 0.25) is 0 Å². The highest BCUT2D eigenvalue weighted by atomic mass is 32.2. The Labute approximate surface area is 282 Å². The van der Waals surface area contributed by atoms with E-state index in [2.05, 4.69) is 0 Å². The number of benzene rings is 4. The summed E-state index contributed by atoms with van der Waals surface area (Å²) in [6, 6.07) is 32.5. The van der Waals surface area contributed by atoms with Gasteiger partial charge in [-0.25, -0.2) is 33.7 Å². The summed E-state index contributed by atoms with van der Waals surface area (Å²) >= 11 is 0. The predicted octanol–water partition coefficient (Wildman–Crippen LogP) is 3.35. The maximum absolute atomic E-state index is 13.8. The number of sulfone groups is 4. The van der Waals surface area contributed by atoms with Crippen LogP contribution in [0.15, 0.2) is 121 Å². The molecule has 0 spiro atoms. The topological polar surface area (TPSA) is 150 Å². The van der Waals surface area contributed by atoms with Gasteiger partial charge in [0.15, 0.2) is 39.3 Å². The molecule has 1 aliphatic rings. The Hall–Kier alpha value is -4.12. The lowest BCUT2D eigenvalue weighted by molar-refractivity contribution is 0.584. The fourth-order valence-corrected chi connectivity index (χ4v) is 11.9. The first kappa shape index (κ1) is 35.2. The fraction of sp³-hybridized carbons (Fsp3) is 0.250. The van der Waals surface area contributed by atoms with Crippen molar-refractivity contribution < 1.29 is 33.7 Å². The van der Waals surface area contributed by atoms with E-state index in [0.29, 0.717) is 22.7 Å². The van der Waals surface area contributed by atoms with E-state index in [-0.39, 0.29) is 0 Å². The molecule has 0 amide bonds. The summed E-state index contributed by atoms with van der Waals surface area (Å²) in [6.45, 7) is 0. The monoisotopic (exact) mass is 732 g/mol. The van der Waals surface area contributed by atoms with Crippen LogP contribution in [-0.2, 0) is 39.3 Å². The number of nitrogens with zero attached hydrogens (tertiary/aromatic N) is 4. The number of rotatable bonds is 4. The van der Waals surface area contributed by atoms with Crippen LogP contribution in [0.2, 0.25) is 0 Å². The fourth-order valence-electron chi connectivity index (χ4n) is 5.36. The van der Waals surface area contributed by atoms with Crippen LogP contribution >= 0.6 is 0 Å². The smallest absolute Gasteiger partial charge is 0.186 e. The summed E-state index contributed by atoms with van der Waals surface area (Å²) in [6.07, 6.45) is 0. The van der Waals surface area contributed by atoms with Crippen molar-refractivity contribution in [1.29, 1.82) is 0 Å². The molecule has 1 aliphatic heterocycles. The summed E-state index contributed by atoms with van der Waals surface area (Å²) < 4.78 is 111. The van der Waals surface area contributed by atoms with Crippen molar-refractivity contribution in [3.05, 3.63) is 121 Å². The molecule has 12 nitrogen and oxygen atoms in total. The van der Waals surface area contributed by atoms with Gasteiger partial charge in [-0.05, 0) is 48.5 Å². The van der Waals surface area contributed by atoms with E-state index in [9.17, 15) is 33.7 Å². The van der Waals surface area contributed by atoms with E-state index in [1.807, 2.05) is 0 Å². The zero-order chi connectivity index (χ0) is 34.4. The van der Waals surface area contributed by atoms with E-state index >= 15 is 0 Å². The van der Waals surface area contributed by atoms with E-state index < -0.39 is 86.4 Å². The molecule has 1 saturated heterocycles. The van der Waals surface area contributed by atoms with Gasteiger partial charge in [-0.1, -0.05) is 72.8 Å². The second kappa shape index (κ2) is 14.6. The second-order valence-corrected chi connectivity index (χ2v) is 19.5. The van der Waals surface area contributed by atoms with Gasteiger partial charge in [0.25, 0.3) is 0 Å². The lowest BCUT2D eigenvalue weighted by Crippen LogP contribution is -2.46. The molecule has 0 bridgehead atoms. The molecule has 0 aromatic heterocycles. The molecule has 1 fully saturated rings. The van der Waals surface area contributed by atoms with E-state index in [1.54, 1.807) is 121 Å². The second-order valence-electron chi connectivity index (χ2n) is 11.5. The Kier molecular flexibility index (Phi) is 10.7. The van der Waals surface area contributed by atoms with Gasteiger partial charge < -0.3 is 19.6 Å². The number of hydrogen-bond donors (Lipinski definition) is 0. The average molecular weight is 733 g/mol. The van der Waals surface area contributed by atoms with Crippen LogP contribution in [0.1, 0.15) is 0 Å². The van der Waals surface area contributed by atoms with Crippen molar-refractivity contribution in [3.63, 3.8) is 0 Å². The van der Waals surface area contributed by atoms with E-state index in [0.717, 1.165) is 0 Å². The van der Waals surface area contributed by atoms with E-state index in [4.69, 9.17) is 0 Å². The molecule has 4 aromatic carbocycles. The zero-order valence-electron chi connectivity index (χ0n) is 25.9. The summed E-state index contributed by atoms with van der Waals surface area (Å²) in [7, 11) is -16.8. The lowest BCUT2D eigenvalue weighted by Gasteiger charge is -2.32. The Bertz CT molecular complexity index is 1750. The van der Waals surface area contributed by atoms with Gasteiger partial charge in [-0.15, -0.1) is 0 Å². The molecule has 256 valence electrons. The van der Waals surface area contributed by atoms with Crippen LogP contribution in [0.25, 0.3) is 0 Å². The quantitative estimate of drug-likeness (QED) is 0.303. The molecular weight excluding hydrogens is 697 g/mol. The largest absolute Gasteiger partial charge is 0.343 e. The Morgan fingerprint density at radius 3 is 0.562 bits per heavy atom. The molecule has 16 heteroatoms. The predicted molar refractivity (Wildman–Crippen MR) is 190 cm³/mol. The standard InChI is InChI=1S/C32H36N4O8S4/c37-45(38)21-33(29-13-5-1-6-14-29)22-46(39,40)24-35(31-17-9-3-10-18-31)26-48(43,44)28-36(32-19-11-4-12-20-32)27-47(41,42)25-34(23-45)30-15-7-2-8-16-30/h1-20H,21-28H2. The minimum Gasteiger partial charge on any atom is -0.343 e. The number of hydrogen-bond acceptors (Lipinski definition) is 12. The van der Waals surface area contributed by atoms with Gasteiger partial charge in [0, 0.05) is 22.7 Å². The van der Waals surface area contributed by atoms with Gasteiger partial charge in [-0.3, -0.25) is 0 Å². The molecule has 1 heterocycles. The molecule has 0 radical (unpaired) electrons. The molecule has 0 unspecified atom stereocenters. The van der Waals surface area contributed by atoms with Crippen LogP contribution < -0.4 is 19.6 Å². The highest BCUT2D eigenvalue weighted by Gasteiger charge is 2.32. The van der Waals surface area contributed by atoms with Crippen LogP contribution in [0, 0.1) is 0 Å². The van der Waals surface area contributed by atoms with Crippen molar-refractivity contribution in [2.24, 2.45) is 0 Å². The molecular formula is C32H36N4O8S4. The Balaban J connectivity index is 1.62. The average Bonchev–Trinajstić information content (AvgIpc) is 3.04. The number of para-hydroxylation sites is 4. The van der Waals surface area contributed by atoms with Crippen molar-refractivity contribution in [2.45, 2.75) is 0 Å². The van der Waals surface area contributed by atoms with Crippen molar-refractivity contribution in [3.8, 4) is 0 Å². The minimum atomic E-state index is -4.19. The van der Waals surface area contributed by atoms with Crippen molar-refractivity contribution in [1.82, 2.24) is 0 Å². The van der Waals surface area contributed by atoms with Gasteiger partial charge >= 0.3 is 0 Å². The maximum Gasteiger partial charge on any atom is 0.186 e. The molecule has 0 atom stereocenters. The van der Waals surface area contributed by atoms with Crippen LogP contribution in [0.3, 0.4) is 0 Å². The highest BCUT2D eigenvalue weighted by molar-refractivity contribution is 7.93. The third-order valence-corrected chi connectivity index (χ3v) is 12.9. The first-order chi connectivity index (χ1) is 22.7. The summed E-state index contributed by atoms with van der Waals surface area (Å²) in [5.74, 6) is -6.00. The molecule has 5 rings (SSSR count). The third kappa shape index (κ3) is 9.95. The first-order valence-electron chi connectivity index (χ1n) is 14.7. The first-order valence-corrected chi connectivity index (χ1v) is 22.0. The molecule has 0 N–H and O–H groups in total. The van der Waals surface area contributed by atoms with Crippen LogP contribution in [0.5, 0.6) is 0 Å². The maximum atomic E-state index is 13.8. The van der Waals surface area contributed by atoms with Gasteiger partial charge in [0.1, 0.15) is 47.0 Å². The van der Waals surface area contributed by atoms with Crippen molar-refractivity contribution >= 4 is 62.1 Å². The normalized spacial score (nSPS) is 20.2.